The Morgan fingerprint density at radius 3 is 2.62 bits per heavy atom. The molecular formula is C19H28N6O. The van der Waals surface area contributed by atoms with Crippen LogP contribution in [0.15, 0.2) is 12.4 Å². The maximum absolute atomic E-state index is 12.4. The van der Waals surface area contributed by atoms with Crippen molar-refractivity contribution >= 4 is 11.9 Å². The van der Waals surface area contributed by atoms with Gasteiger partial charge in [0.2, 0.25) is 5.95 Å². The molecule has 0 radical (unpaired) electrons. The zero-order valence-electron chi connectivity index (χ0n) is 16.0. The van der Waals surface area contributed by atoms with Gasteiger partial charge in [0.15, 0.2) is 0 Å². The lowest BCUT2D eigenvalue weighted by Crippen LogP contribution is -2.35. The van der Waals surface area contributed by atoms with Gasteiger partial charge in [-0.2, -0.15) is 5.10 Å². The molecule has 0 saturated heterocycles. The highest BCUT2D eigenvalue weighted by Gasteiger charge is 2.22. The predicted octanol–water partition coefficient (Wildman–Crippen LogP) is 3.08. The molecule has 1 unspecified atom stereocenters. The van der Waals surface area contributed by atoms with Crippen LogP contribution in [0.4, 0.5) is 5.95 Å². The Hall–Kier alpha value is -2.44. The average molecular weight is 356 g/mol. The Bertz CT molecular complexity index is 765. The molecule has 3 rings (SSSR count). The molecule has 0 aliphatic heterocycles. The number of aromatic amines is 1. The summed E-state index contributed by atoms with van der Waals surface area (Å²) in [6.07, 6.45) is 9.68. The van der Waals surface area contributed by atoms with Crippen LogP contribution in [0.25, 0.3) is 0 Å². The highest BCUT2D eigenvalue weighted by Crippen LogP contribution is 2.25. The molecule has 1 aliphatic carbocycles. The van der Waals surface area contributed by atoms with E-state index < -0.39 is 0 Å². The number of carbonyl (C=O) groups excluding carboxylic acids is 1. The van der Waals surface area contributed by atoms with Crippen LogP contribution >= 0.6 is 0 Å². The first kappa shape index (κ1) is 18.4. The van der Waals surface area contributed by atoms with Crippen molar-refractivity contribution in [3.63, 3.8) is 0 Å². The first-order chi connectivity index (χ1) is 12.5. The van der Waals surface area contributed by atoms with Crippen molar-refractivity contribution < 1.29 is 4.79 Å². The fourth-order valence-corrected chi connectivity index (χ4v) is 3.62. The zero-order chi connectivity index (χ0) is 18.7. The van der Waals surface area contributed by atoms with Crippen molar-refractivity contribution in [2.24, 2.45) is 0 Å². The summed E-state index contributed by atoms with van der Waals surface area (Å²) >= 11 is 0. The van der Waals surface area contributed by atoms with Crippen LogP contribution in [-0.2, 0) is 0 Å². The van der Waals surface area contributed by atoms with Crippen LogP contribution in [0, 0.1) is 13.8 Å². The standard InChI is InChI=1S/C19H28N6O/c1-12(22-18(26)17-11-21-24-14(17)3)16-10-20-19(23-13(16)2)25(4)15-8-6-5-7-9-15/h10-12,15H,5-9H2,1-4H3,(H,21,24)(H,22,26). The smallest absolute Gasteiger partial charge is 0.255 e. The fraction of sp³-hybridized carbons (Fsp3) is 0.579. The summed E-state index contributed by atoms with van der Waals surface area (Å²) < 4.78 is 0. The third-order valence-corrected chi connectivity index (χ3v) is 5.33. The van der Waals surface area contributed by atoms with Gasteiger partial charge in [-0.25, -0.2) is 9.97 Å². The molecule has 1 saturated carbocycles. The molecule has 2 aromatic heterocycles. The number of anilines is 1. The number of H-pyrrole nitrogens is 1. The lowest BCUT2D eigenvalue weighted by molar-refractivity contribution is 0.0939. The maximum atomic E-state index is 12.4. The largest absolute Gasteiger partial charge is 0.345 e. The van der Waals surface area contributed by atoms with E-state index in [4.69, 9.17) is 4.98 Å². The van der Waals surface area contributed by atoms with Gasteiger partial charge in [-0.15, -0.1) is 0 Å². The molecule has 1 aliphatic rings. The number of hydrogen-bond donors (Lipinski definition) is 2. The summed E-state index contributed by atoms with van der Waals surface area (Å²) in [6, 6.07) is 0.348. The van der Waals surface area contributed by atoms with Gasteiger partial charge in [0, 0.05) is 36.2 Å². The molecule has 1 amide bonds. The van der Waals surface area contributed by atoms with Crippen LogP contribution in [-0.4, -0.2) is 39.2 Å². The molecule has 7 nitrogen and oxygen atoms in total. The van der Waals surface area contributed by atoms with Gasteiger partial charge in [0.1, 0.15) is 0 Å². The highest BCUT2D eigenvalue weighted by atomic mass is 16.1. The first-order valence-corrected chi connectivity index (χ1v) is 9.34. The Kier molecular flexibility index (Phi) is 5.54. The highest BCUT2D eigenvalue weighted by molar-refractivity contribution is 5.95. The van der Waals surface area contributed by atoms with Crippen LogP contribution in [0.2, 0.25) is 0 Å². The quantitative estimate of drug-likeness (QED) is 0.860. The second-order valence-electron chi connectivity index (χ2n) is 7.22. The van der Waals surface area contributed by atoms with Crippen LogP contribution in [0.5, 0.6) is 0 Å². The summed E-state index contributed by atoms with van der Waals surface area (Å²) in [6.45, 7) is 5.75. The normalized spacial score (nSPS) is 16.3. The van der Waals surface area contributed by atoms with Crippen molar-refractivity contribution in [1.82, 2.24) is 25.5 Å². The van der Waals surface area contributed by atoms with E-state index in [2.05, 4.69) is 32.4 Å². The van der Waals surface area contributed by atoms with Gasteiger partial charge in [-0.3, -0.25) is 9.89 Å². The van der Waals surface area contributed by atoms with Gasteiger partial charge >= 0.3 is 0 Å². The zero-order valence-corrected chi connectivity index (χ0v) is 16.0. The average Bonchev–Trinajstić information content (AvgIpc) is 3.07. The number of aryl methyl sites for hydroxylation is 2. The molecule has 2 aromatic rings. The minimum absolute atomic E-state index is 0.147. The van der Waals surface area contributed by atoms with Gasteiger partial charge in [0.05, 0.1) is 17.8 Å². The molecular weight excluding hydrogens is 328 g/mol. The second-order valence-corrected chi connectivity index (χ2v) is 7.22. The van der Waals surface area contributed by atoms with Gasteiger partial charge in [-0.05, 0) is 33.6 Å². The van der Waals surface area contributed by atoms with Gasteiger partial charge in [-0.1, -0.05) is 19.3 Å². The minimum atomic E-state index is -0.175. The van der Waals surface area contributed by atoms with E-state index in [0.29, 0.717) is 11.6 Å². The molecule has 1 atom stereocenters. The summed E-state index contributed by atoms with van der Waals surface area (Å²) in [5, 5.41) is 9.68. The lowest BCUT2D eigenvalue weighted by atomic mass is 9.95. The summed E-state index contributed by atoms with van der Waals surface area (Å²) in [4.78, 5) is 23.9. The summed E-state index contributed by atoms with van der Waals surface area (Å²) in [5.41, 5.74) is 3.14. The van der Waals surface area contributed by atoms with Crippen LogP contribution in [0.1, 0.15) is 72.4 Å². The molecule has 0 bridgehead atoms. The molecule has 0 spiro atoms. The fourth-order valence-electron chi connectivity index (χ4n) is 3.62. The van der Waals surface area contributed by atoms with Crippen molar-refractivity contribution in [3.8, 4) is 0 Å². The third kappa shape index (κ3) is 3.86. The SMILES string of the molecule is Cc1nc(N(C)C2CCCCC2)ncc1C(C)NC(=O)c1cn[nH]c1C. The Morgan fingerprint density at radius 1 is 1.27 bits per heavy atom. The van der Waals surface area contributed by atoms with E-state index in [1.807, 2.05) is 27.0 Å². The first-order valence-electron chi connectivity index (χ1n) is 9.34. The Balaban J connectivity index is 1.70. The minimum Gasteiger partial charge on any atom is -0.345 e. The third-order valence-electron chi connectivity index (χ3n) is 5.33. The molecule has 2 heterocycles. The molecule has 0 aromatic carbocycles. The molecule has 140 valence electrons. The number of carbonyl (C=O) groups is 1. The van der Waals surface area contributed by atoms with E-state index >= 15 is 0 Å². The van der Waals surface area contributed by atoms with Gasteiger partial charge < -0.3 is 10.2 Å². The van der Waals surface area contributed by atoms with E-state index in [1.165, 1.54) is 32.1 Å². The Morgan fingerprint density at radius 2 is 2.00 bits per heavy atom. The number of hydrogen-bond acceptors (Lipinski definition) is 5. The van der Waals surface area contributed by atoms with Crippen molar-refractivity contribution in [3.05, 3.63) is 34.9 Å². The number of aromatic nitrogens is 4. The van der Waals surface area contributed by atoms with E-state index in [0.717, 1.165) is 22.9 Å². The van der Waals surface area contributed by atoms with E-state index in [9.17, 15) is 4.79 Å². The monoisotopic (exact) mass is 356 g/mol. The van der Waals surface area contributed by atoms with E-state index in [-0.39, 0.29) is 11.9 Å². The number of amides is 1. The summed E-state index contributed by atoms with van der Waals surface area (Å²) in [5.74, 6) is 0.619. The molecule has 26 heavy (non-hydrogen) atoms. The van der Waals surface area contributed by atoms with Crippen molar-refractivity contribution in [2.45, 2.75) is 65.0 Å². The maximum Gasteiger partial charge on any atom is 0.255 e. The lowest BCUT2D eigenvalue weighted by Gasteiger charge is -2.31. The van der Waals surface area contributed by atoms with Crippen LogP contribution in [0.3, 0.4) is 0 Å². The second kappa shape index (κ2) is 7.85. The number of rotatable bonds is 5. The van der Waals surface area contributed by atoms with Crippen molar-refractivity contribution in [2.75, 3.05) is 11.9 Å². The topological polar surface area (TPSA) is 86.8 Å². The molecule has 1 fully saturated rings. The molecule has 7 heteroatoms. The number of nitrogens with zero attached hydrogens (tertiary/aromatic N) is 4. The van der Waals surface area contributed by atoms with Crippen LogP contribution < -0.4 is 10.2 Å². The van der Waals surface area contributed by atoms with E-state index in [1.54, 1.807) is 6.20 Å². The van der Waals surface area contributed by atoms with Gasteiger partial charge in [0.25, 0.3) is 5.91 Å². The van der Waals surface area contributed by atoms with Crippen molar-refractivity contribution in [1.29, 1.82) is 0 Å². The summed E-state index contributed by atoms with van der Waals surface area (Å²) in [7, 11) is 2.08. The number of nitrogens with one attached hydrogen (secondary N) is 2. The molecule has 2 N–H and O–H groups in total. The predicted molar refractivity (Wildman–Crippen MR) is 101 cm³/mol. The Labute approximate surface area is 154 Å².